The van der Waals surface area contributed by atoms with Crippen LogP contribution in [-0.4, -0.2) is 56.6 Å². The Morgan fingerprint density at radius 3 is 2.45 bits per heavy atom. The van der Waals surface area contributed by atoms with Crippen molar-refractivity contribution in [1.29, 1.82) is 0 Å². The fourth-order valence-electron chi connectivity index (χ4n) is 3.03. The number of hydrogen-bond acceptors (Lipinski definition) is 4. The topological polar surface area (TPSA) is 95.1 Å². The van der Waals surface area contributed by atoms with Gasteiger partial charge in [0.15, 0.2) is 5.69 Å². The van der Waals surface area contributed by atoms with Crippen LogP contribution in [0.4, 0.5) is 0 Å². The number of aromatic carboxylic acids is 2. The summed E-state index contributed by atoms with van der Waals surface area (Å²) in [7, 11) is 2.03. The number of rotatable bonds is 3. The van der Waals surface area contributed by atoms with E-state index in [2.05, 4.69) is 9.88 Å². The van der Waals surface area contributed by atoms with E-state index in [1.807, 2.05) is 7.05 Å². The minimum atomic E-state index is -1.14. The molecule has 0 aromatic carbocycles. The smallest absolute Gasteiger partial charge is 0.356 e. The first kappa shape index (κ1) is 14.5. The zero-order valence-corrected chi connectivity index (χ0v) is 12.2. The third-order valence-corrected chi connectivity index (χ3v) is 4.19. The van der Waals surface area contributed by atoms with Gasteiger partial charge in [-0.05, 0) is 45.1 Å². The molecule has 116 valence electrons. The predicted molar refractivity (Wildman–Crippen MR) is 78.6 cm³/mol. The van der Waals surface area contributed by atoms with Gasteiger partial charge in [0.05, 0.1) is 5.52 Å². The third kappa shape index (κ3) is 2.33. The molecule has 0 amide bonds. The van der Waals surface area contributed by atoms with E-state index in [0.717, 1.165) is 25.9 Å². The number of carboxylic acids is 2. The molecule has 0 aliphatic carbocycles. The number of nitrogens with zero attached hydrogens (tertiary/aromatic N) is 3. The number of fused-ring (bicyclic) bond motifs is 1. The van der Waals surface area contributed by atoms with Crippen molar-refractivity contribution in [1.82, 2.24) is 14.3 Å². The molecule has 1 saturated heterocycles. The standard InChI is InChI=1S/C15H17N3O4/c1-17-7-5-9(6-8-17)13-16-12(15(21)22)10-3-2-4-11(14(19)20)18(10)13/h2-4,9H,5-8H2,1H3,(H,19,20)(H,21,22). The first-order valence-corrected chi connectivity index (χ1v) is 7.15. The number of carboxylic acid groups (broad SMARTS) is 2. The summed E-state index contributed by atoms with van der Waals surface area (Å²) >= 11 is 0. The van der Waals surface area contributed by atoms with E-state index < -0.39 is 11.9 Å². The molecular formula is C15H17N3O4. The lowest BCUT2D eigenvalue weighted by Gasteiger charge is -2.28. The van der Waals surface area contributed by atoms with Crippen LogP contribution in [0.2, 0.25) is 0 Å². The maximum absolute atomic E-state index is 11.5. The number of carbonyl (C=O) groups is 2. The van der Waals surface area contributed by atoms with Gasteiger partial charge in [-0.3, -0.25) is 4.40 Å². The molecule has 1 aliphatic rings. The summed E-state index contributed by atoms with van der Waals surface area (Å²) in [6, 6.07) is 4.62. The molecule has 2 N–H and O–H groups in total. The van der Waals surface area contributed by atoms with Gasteiger partial charge in [-0.25, -0.2) is 14.6 Å². The second-order valence-electron chi connectivity index (χ2n) is 5.64. The quantitative estimate of drug-likeness (QED) is 0.893. The van der Waals surface area contributed by atoms with Crippen molar-refractivity contribution >= 4 is 17.5 Å². The molecule has 0 bridgehead atoms. The molecule has 0 unspecified atom stereocenters. The van der Waals surface area contributed by atoms with Crippen LogP contribution in [-0.2, 0) is 0 Å². The Morgan fingerprint density at radius 2 is 1.86 bits per heavy atom. The van der Waals surface area contributed by atoms with Crippen molar-refractivity contribution in [2.24, 2.45) is 0 Å². The minimum Gasteiger partial charge on any atom is -0.477 e. The molecule has 22 heavy (non-hydrogen) atoms. The summed E-state index contributed by atoms with van der Waals surface area (Å²) < 4.78 is 1.49. The summed E-state index contributed by atoms with van der Waals surface area (Å²) in [5.74, 6) is -1.62. The highest BCUT2D eigenvalue weighted by Gasteiger charge is 2.27. The molecule has 3 heterocycles. The van der Waals surface area contributed by atoms with Crippen LogP contribution in [0.3, 0.4) is 0 Å². The molecular weight excluding hydrogens is 286 g/mol. The normalized spacial score (nSPS) is 17.0. The van der Waals surface area contributed by atoms with E-state index in [4.69, 9.17) is 0 Å². The molecule has 0 radical (unpaired) electrons. The van der Waals surface area contributed by atoms with Gasteiger partial charge in [-0.1, -0.05) is 6.07 Å². The number of hydrogen-bond donors (Lipinski definition) is 2. The van der Waals surface area contributed by atoms with E-state index in [1.54, 1.807) is 12.1 Å². The van der Waals surface area contributed by atoms with Crippen molar-refractivity contribution in [3.63, 3.8) is 0 Å². The fourth-order valence-corrected chi connectivity index (χ4v) is 3.03. The molecule has 0 spiro atoms. The zero-order valence-electron chi connectivity index (χ0n) is 12.2. The summed E-state index contributed by atoms with van der Waals surface area (Å²) in [5.41, 5.74) is 0.296. The van der Waals surface area contributed by atoms with Gasteiger partial charge in [0.25, 0.3) is 0 Å². The maximum Gasteiger partial charge on any atom is 0.356 e. The van der Waals surface area contributed by atoms with Crippen LogP contribution < -0.4 is 0 Å². The van der Waals surface area contributed by atoms with Gasteiger partial charge in [-0.2, -0.15) is 0 Å². The molecule has 7 nitrogen and oxygen atoms in total. The SMILES string of the molecule is CN1CCC(c2nc(C(=O)O)c3cccc(C(=O)O)n23)CC1. The lowest BCUT2D eigenvalue weighted by Crippen LogP contribution is -2.30. The monoisotopic (exact) mass is 303 g/mol. The molecule has 0 atom stereocenters. The number of pyridine rings is 1. The third-order valence-electron chi connectivity index (χ3n) is 4.19. The van der Waals surface area contributed by atoms with Crippen molar-refractivity contribution in [3.8, 4) is 0 Å². The van der Waals surface area contributed by atoms with Gasteiger partial charge in [0, 0.05) is 5.92 Å². The zero-order chi connectivity index (χ0) is 15.9. The van der Waals surface area contributed by atoms with Gasteiger partial charge in [-0.15, -0.1) is 0 Å². The average molecular weight is 303 g/mol. The minimum absolute atomic E-state index is 0.0476. The highest BCUT2D eigenvalue weighted by molar-refractivity contribution is 5.95. The van der Waals surface area contributed by atoms with Crippen LogP contribution in [0.5, 0.6) is 0 Å². The number of piperidine rings is 1. The van der Waals surface area contributed by atoms with Crippen molar-refractivity contribution in [2.45, 2.75) is 18.8 Å². The van der Waals surface area contributed by atoms with Crippen molar-refractivity contribution in [3.05, 3.63) is 35.4 Å². The van der Waals surface area contributed by atoms with E-state index in [9.17, 15) is 19.8 Å². The summed E-state index contributed by atoms with van der Waals surface area (Å²) in [5, 5.41) is 18.7. The number of likely N-dealkylation sites (tertiary alicyclic amines) is 1. The van der Waals surface area contributed by atoms with E-state index >= 15 is 0 Å². The molecule has 3 rings (SSSR count). The van der Waals surface area contributed by atoms with Crippen LogP contribution in [0, 0.1) is 0 Å². The van der Waals surface area contributed by atoms with E-state index in [-0.39, 0.29) is 17.3 Å². The van der Waals surface area contributed by atoms with Gasteiger partial charge >= 0.3 is 11.9 Å². The van der Waals surface area contributed by atoms with E-state index in [1.165, 1.54) is 10.5 Å². The second kappa shape index (κ2) is 5.42. The van der Waals surface area contributed by atoms with E-state index in [0.29, 0.717) is 11.3 Å². The Hall–Kier alpha value is -2.41. The summed E-state index contributed by atoms with van der Waals surface area (Å²) in [6.45, 7) is 1.77. The Kier molecular flexibility index (Phi) is 3.58. The Morgan fingerprint density at radius 1 is 1.18 bits per heavy atom. The number of aromatic nitrogens is 2. The summed E-state index contributed by atoms with van der Waals surface area (Å²) in [6.07, 6.45) is 1.67. The molecule has 1 fully saturated rings. The summed E-state index contributed by atoms with van der Waals surface area (Å²) in [4.78, 5) is 29.3. The van der Waals surface area contributed by atoms with Crippen molar-refractivity contribution < 1.29 is 19.8 Å². The first-order chi connectivity index (χ1) is 10.5. The molecule has 2 aromatic rings. The van der Waals surface area contributed by atoms with Crippen molar-refractivity contribution in [2.75, 3.05) is 20.1 Å². The van der Waals surface area contributed by atoms with Crippen LogP contribution in [0.25, 0.3) is 5.52 Å². The maximum atomic E-state index is 11.5. The van der Waals surface area contributed by atoms with Crippen LogP contribution >= 0.6 is 0 Å². The van der Waals surface area contributed by atoms with Crippen LogP contribution in [0.1, 0.15) is 45.6 Å². The highest BCUT2D eigenvalue weighted by Crippen LogP contribution is 2.29. The van der Waals surface area contributed by atoms with Gasteiger partial charge < -0.3 is 15.1 Å². The lowest BCUT2D eigenvalue weighted by molar-refractivity contribution is 0.0678. The highest BCUT2D eigenvalue weighted by atomic mass is 16.4. The molecule has 1 aliphatic heterocycles. The largest absolute Gasteiger partial charge is 0.477 e. The molecule has 0 saturated carbocycles. The molecule has 2 aromatic heterocycles. The predicted octanol–water partition coefficient (Wildman–Crippen LogP) is 1.54. The average Bonchev–Trinajstić information content (AvgIpc) is 2.87. The van der Waals surface area contributed by atoms with Gasteiger partial charge in [0.1, 0.15) is 11.5 Å². The Bertz CT molecular complexity index is 745. The first-order valence-electron chi connectivity index (χ1n) is 7.15. The fraction of sp³-hybridized carbons (Fsp3) is 0.400. The number of imidazole rings is 1. The molecule has 7 heteroatoms. The Labute approximate surface area is 126 Å². The Balaban J connectivity index is 2.20. The lowest BCUT2D eigenvalue weighted by atomic mass is 9.96. The van der Waals surface area contributed by atoms with Crippen LogP contribution in [0.15, 0.2) is 18.2 Å². The van der Waals surface area contributed by atoms with Gasteiger partial charge in [0.2, 0.25) is 0 Å². The second-order valence-corrected chi connectivity index (χ2v) is 5.64.